The van der Waals surface area contributed by atoms with Crippen molar-refractivity contribution in [2.75, 3.05) is 31.2 Å². The van der Waals surface area contributed by atoms with Crippen LogP contribution in [0.25, 0.3) is 32.6 Å². The summed E-state index contributed by atoms with van der Waals surface area (Å²) < 4.78 is 5.43. The van der Waals surface area contributed by atoms with Crippen LogP contribution >= 0.6 is 11.3 Å². The van der Waals surface area contributed by atoms with Crippen molar-refractivity contribution >= 4 is 44.4 Å². The lowest BCUT2D eigenvalue weighted by Crippen LogP contribution is -2.37. The smallest absolute Gasteiger partial charge is 0.365 e. The summed E-state index contributed by atoms with van der Waals surface area (Å²) in [5.74, 6) is 0.101. The number of aromatic amines is 1. The highest BCUT2D eigenvalue weighted by atomic mass is 32.1. The fourth-order valence-electron chi connectivity index (χ4n) is 3.18. The summed E-state index contributed by atoms with van der Waals surface area (Å²) in [7, 11) is 0. The Kier molecular flexibility index (Phi) is 3.73. The molecule has 0 bridgehead atoms. The van der Waals surface area contributed by atoms with E-state index in [1.807, 2.05) is 18.2 Å². The second-order valence-electron chi connectivity index (χ2n) is 6.08. The summed E-state index contributed by atoms with van der Waals surface area (Å²) in [5, 5.41) is 17.3. The largest absolute Gasteiger partial charge is 0.476 e. The number of anilines is 1. The molecule has 0 amide bonds. The van der Waals surface area contributed by atoms with Gasteiger partial charge in [-0.1, -0.05) is 23.5 Å². The van der Waals surface area contributed by atoms with E-state index in [0.717, 1.165) is 27.8 Å². The summed E-state index contributed by atoms with van der Waals surface area (Å²) in [5.41, 5.74) is 2.24. The van der Waals surface area contributed by atoms with Crippen LogP contribution in [-0.4, -0.2) is 62.5 Å². The van der Waals surface area contributed by atoms with Crippen LogP contribution in [0.15, 0.2) is 24.4 Å². The number of fused-ring (bicyclic) bond motifs is 2. The Labute approximate surface area is 156 Å². The quantitative estimate of drug-likeness (QED) is 0.554. The van der Waals surface area contributed by atoms with Crippen molar-refractivity contribution in [3.63, 3.8) is 0 Å². The van der Waals surface area contributed by atoms with Gasteiger partial charge in [-0.25, -0.2) is 19.7 Å². The number of hydrogen-bond acceptors (Lipinski definition) is 8. The molecule has 27 heavy (non-hydrogen) atoms. The van der Waals surface area contributed by atoms with Gasteiger partial charge in [0, 0.05) is 24.0 Å². The van der Waals surface area contributed by atoms with Crippen molar-refractivity contribution in [1.82, 2.24) is 25.1 Å². The topological polar surface area (TPSA) is 117 Å². The summed E-state index contributed by atoms with van der Waals surface area (Å²) in [6.45, 7) is 2.52. The first-order chi connectivity index (χ1) is 13.2. The van der Waals surface area contributed by atoms with Crippen LogP contribution in [-0.2, 0) is 4.74 Å². The molecule has 2 N–H and O–H groups in total. The Hall–Kier alpha value is -3.11. The minimum absolute atomic E-state index is 0.00693. The maximum absolute atomic E-state index is 11.4. The molecule has 0 atom stereocenters. The van der Waals surface area contributed by atoms with Crippen LogP contribution in [0.3, 0.4) is 0 Å². The minimum atomic E-state index is -1.07. The van der Waals surface area contributed by atoms with Gasteiger partial charge in [0.25, 0.3) is 0 Å². The molecule has 3 aromatic heterocycles. The zero-order valence-corrected chi connectivity index (χ0v) is 14.9. The highest BCUT2D eigenvalue weighted by Gasteiger charge is 2.23. The average molecular weight is 382 g/mol. The maximum atomic E-state index is 11.4. The Morgan fingerprint density at radius 3 is 2.89 bits per heavy atom. The number of morpholine rings is 1. The van der Waals surface area contributed by atoms with Crippen LogP contribution < -0.4 is 4.90 Å². The molecule has 1 aliphatic rings. The van der Waals surface area contributed by atoms with Gasteiger partial charge in [-0.05, 0) is 6.07 Å². The maximum Gasteiger partial charge on any atom is 0.365 e. The molecule has 0 saturated carbocycles. The van der Waals surface area contributed by atoms with E-state index in [-0.39, 0.29) is 5.01 Å². The Morgan fingerprint density at radius 2 is 2.07 bits per heavy atom. The first-order valence-corrected chi connectivity index (χ1v) is 9.19. The molecule has 136 valence electrons. The lowest BCUT2D eigenvalue weighted by molar-refractivity contribution is 0.0696. The number of H-pyrrole nitrogens is 1. The third-order valence-corrected chi connectivity index (χ3v) is 5.40. The third-order valence-electron chi connectivity index (χ3n) is 4.46. The molecule has 0 unspecified atom stereocenters. The van der Waals surface area contributed by atoms with E-state index in [1.54, 1.807) is 6.20 Å². The third kappa shape index (κ3) is 2.69. The van der Waals surface area contributed by atoms with Crippen molar-refractivity contribution in [2.45, 2.75) is 0 Å². The zero-order chi connectivity index (χ0) is 18.4. The van der Waals surface area contributed by atoms with Crippen molar-refractivity contribution < 1.29 is 14.6 Å². The molecule has 9 nitrogen and oxygen atoms in total. The van der Waals surface area contributed by atoms with Gasteiger partial charge in [-0.2, -0.15) is 5.10 Å². The highest BCUT2D eigenvalue weighted by molar-refractivity contribution is 7.19. The van der Waals surface area contributed by atoms with Crippen LogP contribution in [0.5, 0.6) is 0 Å². The number of carbonyl (C=O) groups is 1. The molecule has 1 saturated heterocycles. The lowest BCUT2D eigenvalue weighted by atomic mass is 10.1. The Balaban J connectivity index is 1.75. The summed E-state index contributed by atoms with van der Waals surface area (Å²) in [6.07, 6.45) is 1.74. The average Bonchev–Trinajstić information content (AvgIpc) is 3.34. The molecule has 1 aromatic carbocycles. The second kappa shape index (κ2) is 6.25. The van der Waals surface area contributed by atoms with Gasteiger partial charge in [-0.3, -0.25) is 5.10 Å². The SMILES string of the molecule is O=C(O)c1nc2c(N3CCOCC3)nc(-c3cccc4[nH]ncc34)nc2s1. The minimum Gasteiger partial charge on any atom is -0.476 e. The van der Waals surface area contributed by atoms with Gasteiger partial charge in [0.15, 0.2) is 11.6 Å². The number of hydrogen-bond donors (Lipinski definition) is 2. The van der Waals surface area contributed by atoms with Gasteiger partial charge in [0.1, 0.15) is 10.3 Å². The predicted octanol–water partition coefficient (Wildman–Crippen LogP) is 2.16. The van der Waals surface area contributed by atoms with Crippen molar-refractivity contribution in [3.8, 4) is 11.4 Å². The number of rotatable bonds is 3. The van der Waals surface area contributed by atoms with Crippen LogP contribution in [0, 0.1) is 0 Å². The Morgan fingerprint density at radius 1 is 1.22 bits per heavy atom. The molecule has 0 radical (unpaired) electrons. The molecule has 5 rings (SSSR count). The van der Waals surface area contributed by atoms with Crippen molar-refractivity contribution in [2.24, 2.45) is 0 Å². The molecule has 4 heterocycles. The molecule has 4 aromatic rings. The van der Waals surface area contributed by atoms with Crippen LogP contribution in [0.1, 0.15) is 9.80 Å². The van der Waals surface area contributed by atoms with Gasteiger partial charge < -0.3 is 14.7 Å². The lowest BCUT2D eigenvalue weighted by Gasteiger charge is -2.28. The molecule has 10 heteroatoms. The number of ether oxygens (including phenoxy) is 1. The standard InChI is InChI=1S/C17H14N6O3S/c24-17(25)16-19-12-14(23-4-6-26-7-5-23)20-13(21-15(12)27-16)9-2-1-3-11-10(9)8-18-22-11/h1-3,8H,4-7H2,(H,18,22)(H,24,25). The summed E-state index contributed by atoms with van der Waals surface area (Å²) in [4.78, 5) is 27.7. The molecular formula is C17H14N6O3S. The van der Waals surface area contributed by atoms with E-state index in [4.69, 9.17) is 9.72 Å². The molecule has 1 fully saturated rings. The Bertz CT molecular complexity index is 1160. The summed E-state index contributed by atoms with van der Waals surface area (Å²) in [6, 6.07) is 5.77. The number of aromatic carboxylic acids is 1. The first kappa shape index (κ1) is 16.1. The number of benzene rings is 1. The van der Waals surface area contributed by atoms with E-state index in [2.05, 4.69) is 25.1 Å². The molecule has 0 aliphatic carbocycles. The summed E-state index contributed by atoms with van der Waals surface area (Å²) >= 11 is 1.06. The predicted molar refractivity (Wildman–Crippen MR) is 100 cm³/mol. The number of aromatic nitrogens is 5. The zero-order valence-electron chi connectivity index (χ0n) is 14.0. The van der Waals surface area contributed by atoms with Gasteiger partial charge in [0.05, 0.1) is 24.9 Å². The molecule has 0 spiro atoms. The van der Waals surface area contributed by atoms with Gasteiger partial charge in [0.2, 0.25) is 5.01 Å². The molecular weight excluding hydrogens is 368 g/mol. The van der Waals surface area contributed by atoms with E-state index in [0.29, 0.717) is 48.3 Å². The van der Waals surface area contributed by atoms with E-state index < -0.39 is 5.97 Å². The second-order valence-corrected chi connectivity index (χ2v) is 7.06. The van der Waals surface area contributed by atoms with E-state index in [9.17, 15) is 9.90 Å². The van der Waals surface area contributed by atoms with Crippen LogP contribution in [0.2, 0.25) is 0 Å². The fourth-order valence-corrected chi connectivity index (χ4v) is 3.95. The number of carboxylic acid groups (broad SMARTS) is 1. The first-order valence-electron chi connectivity index (χ1n) is 8.38. The number of carboxylic acids is 1. The monoisotopic (exact) mass is 382 g/mol. The van der Waals surface area contributed by atoms with Gasteiger partial charge >= 0.3 is 5.97 Å². The number of nitrogens with one attached hydrogen (secondary N) is 1. The van der Waals surface area contributed by atoms with Crippen LogP contribution in [0.4, 0.5) is 5.82 Å². The van der Waals surface area contributed by atoms with Crippen molar-refractivity contribution in [3.05, 3.63) is 29.4 Å². The van der Waals surface area contributed by atoms with Crippen molar-refractivity contribution in [1.29, 1.82) is 0 Å². The number of nitrogens with zero attached hydrogens (tertiary/aromatic N) is 5. The molecule has 1 aliphatic heterocycles. The van der Waals surface area contributed by atoms with Gasteiger partial charge in [-0.15, -0.1) is 0 Å². The fraction of sp³-hybridized carbons (Fsp3) is 0.235. The van der Waals surface area contributed by atoms with E-state index in [1.165, 1.54) is 0 Å². The normalized spacial score (nSPS) is 14.9. The number of thiazole rings is 1. The highest BCUT2D eigenvalue weighted by Crippen LogP contribution is 2.33. The van der Waals surface area contributed by atoms with E-state index >= 15 is 0 Å².